The molecule has 3 aromatic rings. The minimum Gasteiger partial charge on any atom is -0.504 e. The molecule has 0 unspecified atom stereocenters. The Balaban J connectivity index is 2.18. The third-order valence-corrected chi connectivity index (χ3v) is 7.62. The van der Waals surface area contributed by atoms with Gasteiger partial charge in [0.05, 0.1) is 34.0 Å². The molecule has 11 nitrogen and oxygen atoms in total. The number of benzene rings is 3. The predicted octanol–water partition coefficient (Wildman–Crippen LogP) is 4.70. The maximum absolute atomic E-state index is 13.4. The van der Waals surface area contributed by atoms with Crippen molar-refractivity contribution in [2.24, 2.45) is 5.92 Å². The van der Waals surface area contributed by atoms with E-state index in [2.05, 4.69) is 0 Å². The van der Waals surface area contributed by atoms with Gasteiger partial charge in [0.2, 0.25) is 11.5 Å². The van der Waals surface area contributed by atoms with E-state index in [0.29, 0.717) is 0 Å². The lowest BCUT2D eigenvalue weighted by Crippen LogP contribution is -2.46. The van der Waals surface area contributed by atoms with Gasteiger partial charge in [-0.25, -0.2) is 4.79 Å². The molecule has 0 saturated carbocycles. The zero-order chi connectivity index (χ0) is 30.9. The first-order valence-corrected chi connectivity index (χ1v) is 13.0. The largest absolute Gasteiger partial charge is 0.504 e. The Morgan fingerprint density at radius 3 is 1.76 bits per heavy atom. The molecule has 0 bridgehead atoms. The fraction of sp³-hybridized carbons (Fsp3) is 0.355. The number of carbonyl (C=O) groups excluding carboxylic acids is 2. The van der Waals surface area contributed by atoms with Crippen LogP contribution >= 0.6 is 0 Å². The molecule has 0 amide bonds. The van der Waals surface area contributed by atoms with E-state index >= 15 is 0 Å². The smallest absolute Gasteiger partial charge is 0.338 e. The lowest BCUT2D eigenvalue weighted by molar-refractivity contribution is -0.166. The fourth-order valence-electron chi connectivity index (χ4n) is 5.35. The minimum atomic E-state index is -1.94. The molecule has 0 aromatic heterocycles. The molecule has 0 fully saturated rings. The van der Waals surface area contributed by atoms with Crippen LogP contribution in [0.25, 0.3) is 11.1 Å². The van der Waals surface area contributed by atoms with E-state index in [1.807, 2.05) is 0 Å². The molecule has 11 heteroatoms. The number of rotatable bonds is 7. The summed E-state index contributed by atoms with van der Waals surface area (Å²) in [6.45, 7) is 4.24. The molecule has 0 saturated heterocycles. The molecule has 1 aliphatic carbocycles. The van der Waals surface area contributed by atoms with Crippen LogP contribution in [0.4, 0.5) is 0 Å². The second-order valence-corrected chi connectivity index (χ2v) is 10.0. The van der Waals surface area contributed by atoms with Crippen molar-refractivity contribution in [3.05, 3.63) is 59.2 Å². The average Bonchev–Trinajstić information content (AvgIpc) is 2.97. The summed E-state index contributed by atoms with van der Waals surface area (Å²) in [5, 5.41) is 35.5. The number of hydrogen-bond donors (Lipinski definition) is 3. The van der Waals surface area contributed by atoms with Crippen LogP contribution in [0, 0.1) is 5.92 Å². The monoisotopic (exact) mass is 582 g/mol. The van der Waals surface area contributed by atoms with Crippen LogP contribution in [-0.2, 0) is 14.3 Å². The van der Waals surface area contributed by atoms with Crippen molar-refractivity contribution in [3.63, 3.8) is 0 Å². The molecule has 4 rings (SSSR count). The van der Waals surface area contributed by atoms with E-state index in [1.54, 1.807) is 37.3 Å². The molecule has 4 atom stereocenters. The molecule has 1 aliphatic rings. The topological polar surface area (TPSA) is 150 Å². The maximum Gasteiger partial charge on any atom is 0.338 e. The van der Waals surface area contributed by atoms with Crippen LogP contribution in [0.2, 0.25) is 0 Å². The zero-order valence-electron chi connectivity index (χ0n) is 24.4. The first-order valence-electron chi connectivity index (χ1n) is 13.0. The number of phenolic OH excluding ortho intramolecular Hbond substituents is 2. The number of phenols is 2. The maximum atomic E-state index is 13.4. The van der Waals surface area contributed by atoms with Crippen LogP contribution < -0.4 is 18.9 Å². The lowest BCUT2D eigenvalue weighted by Gasteiger charge is -2.43. The number of ether oxygens (including phenoxy) is 6. The third-order valence-electron chi connectivity index (χ3n) is 7.62. The van der Waals surface area contributed by atoms with Gasteiger partial charge in [-0.15, -0.1) is 0 Å². The van der Waals surface area contributed by atoms with Crippen LogP contribution in [0.1, 0.15) is 54.5 Å². The summed E-state index contributed by atoms with van der Waals surface area (Å²) in [4.78, 5) is 25.8. The van der Waals surface area contributed by atoms with Gasteiger partial charge in [0, 0.05) is 35.1 Å². The summed E-state index contributed by atoms with van der Waals surface area (Å²) in [5.41, 5.74) is -1.56. The van der Waals surface area contributed by atoms with Gasteiger partial charge >= 0.3 is 11.9 Å². The average molecular weight is 583 g/mol. The summed E-state index contributed by atoms with van der Waals surface area (Å²) in [6, 6.07) is 11.1. The Kier molecular flexibility index (Phi) is 8.44. The predicted molar refractivity (Wildman–Crippen MR) is 150 cm³/mol. The molecule has 0 spiro atoms. The van der Waals surface area contributed by atoms with E-state index < -0.39 is 47.2 Å². The third kappa shape index (κ3) is 5.00. The fourth-order valence-corrected chi connectivity index (χ4v) is 5.35. The SMILES string of the molecule is COc1cc2c(c(O)c1OC)-c1c(cc(OC)c(OC)c1O)[C@@H](OC(=O)c1ccccc1)[C@@](C)(O)[C@@H](C)[C@@H]2OC(C)=O. The molecule has 3 N–H and O–H groups in total. The number of esters is 2. The van der Waals surface area contributed by atoms with Gasteiger partial charge in [-0.2, -0.15) is 0 Å². The Morgan fingerprint density at radius 2 is 1.29 bits per heavy atom. The second-order valence-electron chi connectivity index (χ2n) is 10.0. The summed E-state index contributed by atoms with van der Waals surface area (Å²) in [6.07, 6.45) is -2.71. The number of fused-ring (bicyclic) bond motifs is 3. The van der Waals surface area contributed by atoms with E-state index in [-0.39, 0.29) is 50.8 Å². The van der Waals surface area contributed by atoms with E-state index in [4.69, 9.17) is 28.4 Å². The van der Waals surface area contributed by atoms with Crippen molar-refractivity contribution in [2.75, 3.05) is 28.4 Å². The van der Waals surface area contributed by atoms with Gasteiger partial charge in [0.25, 0.3) is 0 Å². The normalized spacial score (nSPS) is 21.1. The quantitative estimate of drug-likeness (QED) is 0.333. The van der Waals surface area contributed by atoms with Crippen molar-refractivity contribution in [2.45, 2.75) is 38.6 Å². The molecule has 224 valence electrons. The Hall–Kier alpha value is -4.64. The Bertz CT molecular complexity index is 1500. The van der Waals surface area contributed by atoms with E-state index in [0.717, 1.165) is 0 Å². The second kappa shape index (κ2) is 11.7. The van der Waals surface area contributed by atoms with Crippen molar-refractivity contribution >= 4 is 11.9 Å². The van der Waals surface area contributed by atoms with E-state index in [1.165, 1.54) is 54.4 Å². The van der Waals surface area contributed by atoms with E-state index in [9.17, 15) is 24.9 Å². The molecule has 0 aliphatic heterocycles. The zero-order valence-corrected chi connectivity index (χ0v) is 24.4. The number of aromatic hydroxyl groups is 2. The van der Waals surface area contributed by atoms with Gasteiger partial charge in [-0.05, 0) is 31.2 Å². The Labute approximate surface area is 243 Å². The van der Waals surface area contributed by atoms with Crippen LogP contribution in [0.5, 0.6) is 34.5 Å². The van der Waals surface area contributed by atoms with Crippen LogP contribution in [0.15, 0.2) is 42.5 Å². The standard InChI is InChI=1S/C31H34O11/c1-15-26(41-16(2)32)18-13-20(37-4)27(39-6)24(33)22(18)23-19(14-21(38-5)28(40-7)25(23)34)29(31(15,3)36)42-30(35)17-11-9-8-10-12-17/h8-15,26,29,33-34,36H,1-7H3/t15-,26-,29+,31-/m0/s1. The molecule has 0 radical (unpaired) electrons. The van der Waals surface area contributed by atoms with Crippen molar-refractivity contribution in [1.82, 2.24) is 0 Å². The van der Waals surface area contributed by atoms with Gasteiger partial charge in [-0.1, -0.05) is 25.1 Å². The number of aliphatic hydroxyl groups is 1. The molecule has 3 aromatic carbocycles. The lowest BCUT2D eigenvalue weighted by atomic mass is 9.71. The van der Waals surface area contributed by atoms with Crippen LogP contribution in [-0.4, -0.2) is 61.3 Å². The first-order chi connectivity index (χ1) is 19.9. The molecule has 42 heavy (non-hydrogen) atoms. The van der Waals surface area contributed by atoms with Crippen molar-refractivity contribution < 1.29 is 53.3 Å². The van der Waals surface area contributed by atoms with Crippen LogP contribution in [0.3, 0.4) is 0 Å². The highest BCUT2D eigenvalue weighted by molar-refractivity contribution is 5.91. The first kappa shape index (κ1) is 30.3. The van der Waals surface area contributed by atoms with Gasteiger partial charge in [-0.3, -0.25) is 4.79 Å². The van der Waals surface area contributed by atoms with Gasteiger partial charge < -0.3 is 43.7 Å². The number of methoxy groups -OCH3 is 4. The summed E-state index contributed by atoms with van der Waals surface area (Å²) >= 11 is 0. The summed E-state index contributed by atoms with van der Waals surface area (Å²) < 4.78 is 33.5. The van der Waals surface area contributed by atoms with Gasteiger partial charge in [0.15, 0.2) is 29.1 Å². The highest BCUT2D eigenvalue weighted by atomic mass is 16.6. The minimum absolute atomic E-state index is 0.0181. The Morgan fingerprint density at radius 1 is 0.786 bits per heavy atom. The summed E-state index contributed by atoms with van der Waals surface area (Å²) in [5.74, 6) is -3.37. The number of hydrogen-bond acceptors (Lipinski definition) is 11. The highest BCUT2D eigenvalue weighted by Gasteiger charge is 2.51. The molecule has 0 heterocycles. The summed E-state index contributed by atoms with van der Waals surface area (Å²) in [7, 11) is 5.36. The van der Waals surface area contributed by atoms with Crippen molar-refractivity contribution in [1.29, 1.82) is 0 Å². The highest BCUT2D eigenvalue weighted by Crippen LogP contribution is 2.60. The molecular weight excluding hydrogens is 548 g/mol. The van der Waals surface area contributed by atoms with Gasteiger partial charge in [0.1, 0.15) is 11.7 Å². The molecular formula is C31H34O11. The van der Waals surface area contributed by atoms with Crippen molar-refractivity contribution in [3.8, 4) is 45.6 Å². The number of carbonyl (C=O) groups is 2.